The van der Waals surface area contributed by atoms with Gasteiger partial charge in [0.25, 0.3) is 5.91 Å². The molecule has 0 unspecified atom stereocenters. The number of halogens is 2. The Bertz CT molecular complexity index is 1510. The number of carbonyl (C=O) groups is 1. The van der Waals surface area contributed by atoms with E-state index in [1.165, 1.54) is 35.2 Å². The third-order valence-corrected chi connectivity index (χ3v) is 7.11. The first-order chi connectivity index (χ1) is 16.8. The van der Waals surface area contributed by atoms with Gasteiger partial charge in [-0.05, 0) is 61.7 Å². The van der Waals surface area contributed by atoms with Crippen molar-refractivity contribution in [2.75, 3.05) is 5.32 Å². The molecule has 0 bridgehead atoms. The topological polar surface area (TPSA) is 106 Å². The quantitative estimate of drug-likeness (QED) is 0.401. The second kappa shape index (κ2) is 9.08. The predicted molar refractivity (Wildman–Crippen MR) is 123 cm³/mol. The predicted octanol–water partition coefficient (Wildman–Crippen LogP) is 3.96. The van der Waals surface area contributed by atoms with Crippen LogP contribution in [-0.4, -0.2) is 24.1 Å². The second-order valence-electron chi connectivity index (χ2n) is 8.02. The zero-order chi connectivity index (χ0) is 24.6. The number of hydrogen-bond donors (Lipinski definition) is 2. The SMILES string of the molecule is O=C(Nc1cccc(S(=O)(=O)NCc2ccco2)c1)c1nn(-c2ccc(F)c(F)c2)c2c1CCC2. The Morgan fingerprint density at radius 2 is 1.91 bits per heavy atom. The number of carbonyl (C=O) groups excluding carboxylic acids is 1. The molecule has 1 aliphatic carbocycles. The van der Waals surface area contributed by atoms with Crippen molar-refractivity contribution in [1.29, 1.82) is 0 Å². The lowest BCUT2D eigenvalue weighted by atomic mass is 10.2. The average molecular weight is 499 g/mol. The molecule has 35 heavy (non-hydrogen) atoms. The van der Waals surface area contributed by atoms with Crippen molar-refractivity contribution >= 4 is 21.6 Å². The number of benzene rings is 2. The number of hydrogen-bond acceptors (Lipinski definition) is 5. The van der Waals surface area contributed by atoms with E-state index in [4.69, 9.17) is 4.42 Å². The van der Waals surface area contributed by atoms with Crippen molar-refractivity contribution in [1.82, 2.24) is 14.5 Å². The summed E-state index contributed by atoms with van der Waals surface area (Å²) in [6.45, 7) is -0.0144. The van der Waals surface area contributed by atoms with Crippen molar-refractivity contribution < 1.29 is 26.4 Å². The van der Waals surface area contributed by atoms with Gasteiger partial charge in [-0.25, -0.2) is 26.6 Å². The van der Waals surface area contributed by atoms with Crippen LogP contribution in [0.3, 0.4) is 0 Å². The zero-order valence-electron chi connectivity index (χ0n) is 18.3. The summed E-state index contributed by atoms with van der Waals surface area (Å²) in [5.74, 6) is -2.04. The van der Waals surface area contributed by atoms with Gasteiger partial charge >= 0.3 is 0 Å². The Morgan fingerprint density at radius 3 is 2.69 bits per heavy atom. The van der Waals surface area contributed by atoms with Gasteiger partial charge in [-0.15, -0.1) is 0 Å². The summed E-state index contributed by atoms with van der Waals surface area (Å²) in [5, 5.41) is 7.07. The lowest BCUT2D eigenvalue weighted by molar-refractivity contribution is 0.102. The van der Waals surface area contributed by atoms with Crippen molar-refractivity contribution in [3.8, 4) is 5.69 Å². The van der Waals surface area contributed by atoms with E-state index in [-0.39, 0.29) is 22.8 Å². The first-order valence-corrected chi connectivity index (χ1v) is 12.3. The number of amides is 1. The van der Waals surface area contributed by atoms with E-state index in [9.17, 15) is 22.0 Å². The summed E-state index contributed by atoms with van der Waals surface area (Å²) in [5.41, 5.74) is 2.24. The van der Waals surface area contributed by atoms with E-state index in [1.807, 2.05) is 0 Å². The molecule has 11 heteroatoms. The van der Waals surface area contributed by atoms with Crippen LogP contribution >= 0.6 is 0 Å². The van der Waals surface area contributed by atoms with Gasteiger partial charge in [-0.3, -0.25) is 4.79 Å². The zero-order valence-corrected chi connectivity index (χ0v) is 19.1. The minimum absolute atomic E-state index is 0.0144. The Morgan fingerprint density at radius 1 is 1.06 bits per heavy atom. The van der Waals surface area contributed by atoms with E-state index >= 15 is 0 Å². The molecule has 0 aliphatic heterocycles. The minimum atomic E-state index is -3.86. The fourth-order valence-corrected chi connectivity index (χ4v) is 5.08. The molecule has 2 aromatic heterocycles. The van der Waals surface area contributed by atoms with Gasteiger partial charge in [0.1, 0.15) is 5.76 Å². The standard InChI is InChI=1S/C24H20F2N4O4S/c25-20-10-9-16(13-21(20)26)30-22-8-2-7-19(22)23(29-30)24(31)28-15-4-1-6-18(12-15)35(32,33)27-14-17-5-3-11-34-17/h1,3-6,9-13,27H,2,7-8,14H2,(H,28,31). The molecule has 2 aromatic carbocycles. The van der Waals surface area contributed by atoms with Gasteiger partial charge in [0.2, 0.25) is 10.0 Å². The number of anilines is 1. The molecule has 5 rings (SSSR count). The first kappa shape index (κ1) is 22.9. The molecule has 0 saturated heterocycles. The highest BCUT2D eigenvalue weighted by molar-refractivity contribution is 7.89. The molecular formula is C24H20F2N4O4S. The largest absolute Gasteiger partial charge is 0.468 e. The first-order valence-electron chi connectivity index (χ1n) is 10.8. The molecule has 0 atom stereocenters. The summed E-state index contributed by atoms with van der Waals surface area (Å²) in [4.78, 5) is 13.1. The van der Waals surface area contributed by atoms with Crippen LogP contribution in [0.5, 0.6) is 0 Å². The van der Waals surface area contributed by atoms with Crippen LogP contribution in [0, 0.1) is 11.6 Å². The Kier molecular flexibility index (Phi) is 5.95. The van der Waals surface area contributed by atoms with E-state index < -0.39 is 27.6 Å². The maximum absolute atomic E-state index is 13.8. The Hall–Kier alpha value is -3.83. The van der Waals surface area contributed by atoms with Crippen molar-refractivity contribution in [3.63, 3.8) is 0 Å². The maximum Gasteiger partial charge on any atom is 0.276 e. The van der Waals surface area contributed by atoms with Gasteiger partial charge in [0.15, 0.2) is 17.3 Å². The molecule has 2 heterocycles. The second-order valence-corrected chi connectivity index (χ2v) is 9.79. The summed E-state index contributed by atoms with van der Waals surface area (Å²) < 4.78 is 61.5. The van der Waals surface area contributed by atoms with Crippen LogP contribution in [0.25, 0.3) is 5.69 Å². The number of fused-ring (bicyclic) bond motifs is 1. The highest BCUT2D eigenvalue weighted by Gasteiger charge is 2.27. The van der Waals surface area contributed by atoms with Crippen LogP contribution in [0.15, 0.2) is 70.2 Å². The van der Waals surface area contributed by atoms with E-state index in [0.717, 1.165) is 29.8 Å². The van der Waals surface area contributed by atoms with Gasteiger partial charge in [-0.1, -0.05) is 6.07 Å². The molecule has 8 nitrogen and oxygen atoms in total. The van der Waals surface area contributed by atoms with Gasteiger partial charge < -0.3 is 9.73 Å². The Labute approximate surface area is 199 Å². The van der Waals surface area contributed by atoms with Crippen LogP contribution in [-0.2, 0) is 29.4 Å². The van der Waals surface area contributed by atoms with Crippen LogP contribution in [0.4, 0.5) is 14.5 Å². The van der Waals surface area contributed by atoms with E-state index in [0.29, 0.717) is 24.3 Å². The van der Waals surface area contributed by atoms with Gasteiger partial charge in [0.05, 0.1) is 23.4 Å². The minimum Gasteiger partial charge on any atom is -0.468 e. The van der Waals surface area contributed by atoms with Gasteiger partial charge in [0, 0.05) is 23.0 Å². The fourth-order valence-electron chi connectivity index (χ4n) is 4.04. The summed E-state index contributed by atoms with van der Waals surface area (Å²) >= 11 is 0. The number of rotatable bonds is 7. The van der Waals surface area contributed by atoms with E-state index in [2.05, 4.69) is 15.1 Å². The van der Waals surface area contributed by atoms with Crippen molar-refractivity contribution in [2.45, 2.75) is 30.7 Å². The van der Waals surface area contributed by atoms with E-state index in [1.54, 1.807) is 18.2 Å². The van der Waals surface area contributed by atoms with Gasteiger partial charge in [-0.2, -0.15) is 5.10 Å². The summed E-state index contributed by atoms with van der Waals surface area (Å²) in [6, 6.07) is 12.6. The fraction of sp³-hybridized carbons (Fsp3) is 0.167. The molecule has 1 amide bonds. The average Bonchev–Trinajstić information content (AvgIpc) is 3.58. The third kappa shape index (κ3) is 4.60. The maximum atomic E-state index is 13.8. The molecule has 0 radical (unpaired) electrons. The normalized spacial score (nSPS) is 13.1. The lowest BCUT2D eigenvalue weighted by Gasteiger charge is -2.09. The third-order valence-electron chi connectivity index (χ3n) is 5.71. The highest BCUT2D eigenvalue weighted by Crippen LogP contribution is 2.29. The molecule has 1 aliphatic rings. The van der Waals surface area contributed by atoms with Crippen LogP contribution < -0.4 is 10.0 Å². The molecule has 0 spiro atoms. The highest BCUT2D eigenvalue weighted by atomic mass is 32.2. The monoisotopic (exact) mass is 498 g/mol. The molecule has 0 fully saturated rings. The number of aromatic nitrogens is 2. The summed E-state index contributed by atoms with van der Waals surface area (Å²) in [6.07, 6.45) is 3.51. The van der Waals surface area contributed by atoms with Crippen molar-refractivity contribution in [3.05, 3.63) is 95.2 Å². The number of nitrogens with zero attached hydrogens (tertiary/aromatic N) is 2. The number of furan rings is 1. The Balaban J connectivity index is 1.38. The molecular weight excluding hydrogens is 478 g/mol. The van der Waals surface area contributed by atoms with Crippen LogP contribution in [0.1, 0.15) is 33.9 Å². The number of sulfonamides is 1. The lowest BCUT2D eigenvalue weighted by Crippen LogP contribution is -2.23. The summed E-state index contributed by atoms with van der Waals surface area (Å²) in [7, 11) is -3.86. The van der Waals surface area contributed by atoms with Crippen molar-refractivity contribution in [2.24, 2.45) is 0 Å². The van der Waals surface area contributed by atoms with Crippen LogP contribution in [0.2, 0.25) is 0 Å². The molecule has 180 valence electrons. The molecule has 2 N–H and O–H groups in total. The molecule has 4 aromatic rings. The number of nitrogens with one attached hydrogen (secondary N) is 2. The smallest absolute Gasteiger partial charge is 0.276 e. The molecule has 0 saturated carbocycles.